The van der Waals surface area contributed by atoms with Crippen molar-refractivity contribution in [1.82, 2.24) is 4.98 Å². The van der Waals surface area contributed by atoms with E-state index >= 15 is 0 Å². The molecule has 1 heterocycles. The molecule has 1 aromatic heterocycles. The fourth-order valence-electron chi connectivity index (χ4n) is 3.39. The molecule has 0 aliphatic rings. The summed E-state index contributed by atoms with van der Waals surface area (Å²) in [4.78, 5) is 17.7. The SMILES string of the molecule is CS(=O)(=O)c1ccc(C(=O)Nc2cccc(-c3ccccn3)c2)c(-c2cc(Cl)cc(Cl)c2)c1. The maximum absolute atomic E-state index is 13.2. The van der Waals surface area contributed by atoms with Gasteiger partial charge < -0.3 is 5.32 Å². The van der Waals surface area contributed by atoms with Crippen LogP contribution >= 0.6 is 23.2 Å². The minimum absolute atomic E-state index is 0.0855. The van der Waals surface area contributed by atoms with Gasteiger partial charge in [-0.25, -0.2) is 8.42 Å². The van der Waals surface area contributed by atoms with E-state index in [2.05, 4.69) is 10.3 Å². The van der Waals surface area contributed by atoms with Crippen molar-refractivity contribution >= 4 is 44.6 Å². The highest BCUT2D eigenvalue weighted by molar-refractivity contribution is 7.90. The average molecular weight is 497 g/mol. The van der Waals surface area contributed by atoms with E-state index in [0.29, 0.717) is 26.9 Å². The van der Waals surface area contributed by atoms with Crippen molar-refractivity contribution in [2.45, 2.75) is 4.90 Å². The summed E-state index contributed by atoms with van der Waals surface area (Å²) in [6.07, 6.45) is 2.81. The minimum Gasteiger partial charge on any atom is -0.322 e. The van der Waals surface area contributed by atoms with Gasteiger partial charge in [0.2, 0.25) is 0 Å². The monoisotopic (exact) mass is 496 g/mol. The van der Waals surface area contributed by atoms with Gasteiger partial charge in [0.25, 0.3) is 5.91 Å². The lowest BCUT2D eigenvalue weighted by atomic mass is 9.99. The number of sulfone groups is 1. The highest BCUT2D eigenvalue weighted by atomic mass is 35.5. The van der Waals surface area contributed by atoms with E-state index in [4.69, 9.17) is 23.2 Å². The third-order valence-electron chi connectivity index (χ3n) is 4.92. The first-order chi connectivity index (χ1) is 15.7. The highest BCUT2D eigenvalue weighted by Crippen LogP contribution is 2.32. The Hall–Kier alpha value is -3.19. The van der Waals surface area contributed by atoms with Crippen LogP contribution in [0.25, 0.3) is 22.4 Å². The predicted octanol–water partition coefficient (Wildman–Crippen LogP) is 6.38. The molecule has 1 amide bonds. The number of pyridine rings is 1. The minimum atomic E-state index is -3.50. The Kier molecular flexibility index (Phi) is 6.51. The lowest BCUT2D eigenvalue weighted by Gasteiger charge is -2.13. The number of hydrogen-bond acceptors (Lipinski definition) is 4. The van der Waals surface area contributed by atoms with E-state index in [1.165, 1.54) is 18.2 Å². The molecule has 4 rings (SSSR count). The zero-order valence-electron chi connectivity index (χ0n) is 17.4. The van der Waals surface area contributed by atoms with Crippen LogP contribution in [0.15, 0.2) is 90.0 Å². The van der Waals surface area contributed by atoms with E-state index < -0.39 is 15.7 Å². The average Bonchev–Trinajstić information content (AvgIpc) is 2.78. The fraction of sp³-hybridized carbons (Fsp3) is 0.0400. The van der Waals surface area contributed by atoms with Crippen molar-refractivity contribution in [2.75, 3.05) is 11.6 Å². The van der Waals surface area contributed by atoms with Crippen LogP contribution in [0.2, 0.25) is 10.0 Å². The van der Waals surface area contributed by atoms with Crippen molar-refractivity contribution in [3.8, 4) is 22.4 Å². The molecule has 0 spiro atoms. The Morgan fingerprint density at radius 2 is 1.61 bits per heavy atom. The molecule has 0 unspecified atom stereocenters. The van der Waals surface area contributed by atoms with Crippen molar-refractivity contribution in [3.05, 3.63) is 101 Å². The molecular formula is C25H18Cl2N2O3S. The molecule has 0 atom stereocenters. The topological polar surface area (TPSA) is 76.1 Å². The quantitative estimate of drug-likeness (QED) is 0.347. The van der Waals surface area contributed by atoms with Crippen LogP contribution in [0.4, 0.5) is 5.69 Å². The lowest BCUT2D eigenvalue weighted by molar-refractivity contribution is 0.102. The van der Waals surface area contributed by atoms with Gasteiger partial charge in [-0.05, 0) is 71.8 Å². The molecule has 1 N–H and O–H groups in total. The van der Waals surface area contributed by atoms with Gasteiger partial charge in [0, 0.05) is 39.3 Å². The number of nitrogens with zero attached hydrogens (tertiary/aromatic N) is 1. The Morgan fingerprint density at radius 1 is 0.848 bits per heavy atom. The second kappa shape index (κ2) is 9.35. The molecule has 0 aliphatic carbocycles. The van der Waals surface area contributed by atoms with E-state index in [-0.39, 0.29) is 10.5 Å². The van der Waals surface area contributed by atoms with Crippen LogP contribution in [-0.4, -0.2) is 25.6 Å². The fourth-order valence-corrected chi connectivity index (χ4v) is 4.56. The Morgan fingerprint density at radius 3 is 2.27 bits per heavy atom. The van der Waals surface area contributed by atoms with E-state index in [9.17, 15) is 13.2 Å². The summed E-state index contributed by atoms with van der Waals surface area (Å²) in [5, 5.41) is 3.63. The summed E-state index contributed by atoms with van der Waals surface area (Å²) in [7, 11) is -3.50. The zero-order valence-corrected chi connectivity index (χ0v) is 19.7. The number of benzene rings is 3. The van der Waals surface area contributed by atoms with Crippen molar-refractivity contribution in [2.24, 2.45) is 0 Å². The van der Waals surface area contributed by atoms with Gasteiger partial charge in [0.05, 0.1) is 10.6 Å². The molecule has 0 saturated carbocycles. The van der Waals surface area contributed by atoms with Crippen molar-refractivity contribution in [1.29, 1.82) is 0 Å². The first-order valence-electron chi connectivity index (χ1n) is 9.84. The summed E-state index contributed by atoms with van der Waals surface area (Å²) in [6.45, 7) is 0. The van der Waals surface area contributed by atoms with Crippen molar-refractivity contribution in [3.63, 3.8) is 0 Å². The number of amides is 1. The molecule has 33 heavy (non-hydrogen) atoms. The van der Waals surface area contributed by atoms with Crippen LogP contribution < -0.4 is 5.32 Å². The summed E-state index contributed by atoms with van der Waals surface area (Å²) in [5.74, 6) is -0.403. The van der Waals surface area contributed by atoms with Crippen molar-refractivity contribution < 1.29 is 13.2 Å². The smallest absolute Gasteiger partial charge is 0.256 e. The second-order valence-corrected chi connectivity index (χ2v) is 10.3. The summed E-state index contributed by atoms with van der Waals surface area (Å²) in [5.41, 5.74) is 3.42. The first kappa shape index (κ1) is 23.0. The molecule has 166 valence electrons. The number of aromatic nitrogens is 1. The van der Waals surface area contributed by atoms with E-state index in [1.807, 2.05) is 36.4 Å². The summed E-state index contributed by atoms with van der Waals surface area (Å²) < 4.78 is 24.3. The van der Waals surface area contributed by atoms with Gasteiger partial charge in [0.15, 0.2) is 9.84 Å². The van der Waals surface area contributed by atoms with Crippen LogP contribution in [0.3, 0.4) is 0 Å². The predicted molar refractivity (Wildman–Crippen MR) is 133 cm³/mol. The number of nitrogens with one attached hydrogen (secondary N) is 1. The molecule has 0 saturated heterocycles. The Labute approximate surface area is 201 Å². The number of carbonyl (C=O) groups is 1. The molecule has 0 fully saturated rings. The molecule has 0 aliphatic heterocycles. The van der Waals surface area contributed by atoms with E-state index in [0.717, 1.165) is 17.5 Å². The molecule has 8 heteroatoms. The van der Waals surface area contributed by atoms with Gasteiger partial charge >= 0.3 is 0 Å². The van der Waals surface area contributed by atoms with Gasteiger partial charge in [-0.3, -0.25) is 9.78 Å². The molecular weight excluding hydrogens is 479 g/mol. The maximum Gasteiger partial charge on any atom is 0.256 e. The number of halogens is 2. The molecule has 4 aromatic rings. The standard InChI is InChI=1S/C25H18Cl2N2O3S/c1-33(31,32)21-8-9-22(23(15-21)17-11-18(26)14-19(27)12-17)25(30)29-20-6-4-5-16(13-20)24-7-2-3-10-28-24/h2-15H,1H3,(H,29,30). The molecule has 0 radical (unpaired) electrons. The van der Waals surface area contributed by atoms with Crippen LogP contribution in [0.1, 0.15) is 10.4 Å². The maximum atomic E-state index is 13.2. The van der Waals surface area contributed by atoms with Gasteiger partial charge in [-0.2, -0.15) is 0 Å². The number of rotatable bonds is 5. The summed E-state index contributed by atoms with van der Waals surface area (Å²) in [6, 6.07) is 22.1. The summed E-state index contributed by atoms with van der Waals surface area (Å²) >= 11 is 12.3. The van der Waals surface area contributed by atoms with Crippen LogP contribution in [0, 0.1) is 0 Å². The molecule has 0 bridgehead atoms. The number of anilines is 1. The normalized spacial score (nSPS) is 11.2. The van der Waals surface area contributed by atoms with Gasteiger partial charge in [0.1, 0.15) is 0 Å². The third kappa shape index (κ3) is 5.42. The third-order valence-corrected chi connectivity index (χ3v) is 6.47. The first-order valence-corrected chi connectivity index (χ1v) is 12.5. The van der Waals surface area contributed by atoms with Crippen LogP contribution in [-0.2, 0) is 9.84 Å². The number of carbonyl (C=O) groups excluding carboxylic acids is 1. The lowest BCUT2D eigenvalue weighted by Crippen LogP contribution is -2.14. The van der Waals surface area contributed by atoms with Gasteiger partial charge in [-0.15, -0.1) is 0 Å². The molecule has 3 aromatic carbocycles. The Balaban J connectivity index is 1.75. The van der Waals surface area contributed by atoms with Crippen LogP contribution in [0.5, 0.6) is 0 Å². The Bertz CT molecular complexity index is 1440. The number of hydrogen-bond donors (Lipinski definition) is 1. The second-order valence-electron chi connectivity index (χ2n) is 7.39. The molecule has 5 nitrogen and oxygen atoms in total. The highest BCUT2D eigenvalue weighted by Gasteiger charge is 2.18. The van der Waals surface area contributed by atoms with E-state index in [1.54, 1.807) is 30.5 Å². The largest absolute Gasteiger partial charge is 0.322 e. The van der Waals surface area contributed by atoms with Gasteiger partial charge in [-0.1, -0.05) is 41.4 Å². The zero-order chi connectivity index (χ0) is 23.6.